The minimum atomic E-state index is -0.433. The number of likely N-dealkylation sites (tertiary alicyclic amines) is 2. The maximum absolute atomic E-state index is 12.9. The molecule has 0 spiro atoms. The van der Waals surface area contributed by atoms with Crippen molar-refractivity contribution in [3.63, 3.8) is 0 Å². The third kappa shape index (κ3) is 4.45. The molecule has 2 fully saturated rings. The number of piperidine rings is 2. The summed E-state index contributed by atoms with van der Waals surface area (Å²) in [6.45, 7) is 1.96. The van der Waals surface area contributed by atoms with Gasteiger partial charge in [-0.05, 0) is 37.2 Å². The van der Waals surface area contributed by atoms with Gasteiger partial charge in [-0.3, -0.25) is 14.4 Å². The Morgan fingerprint density at radius 3 is 2.30 bits per heavy atom. The average Bonchev–Trinajstić information content (AvgIpc) is 2.82. The van der Waals surface area contributed by atoms with Gasteiger partial charge in [0, 0.05) is 37.7 Å². The molecule has 2 aliphatic heterocycles. The lowest BCUT2D eigenvalue weighted by Crippen LogP contribution is -2.57. The zero-order chi connectivity index (χ0) is 20.9. The van der Waals surface area contributed by atoms with Crippen molar-refractivity contribution in [2.24, 2.45) is 5.92 Å². The van der Waals surface area contributed by atoms with Crippen LogP contribution in [0.2, 0.25) is 0 Å². The first-order valence-electron chi connectivity index (χ1n) is 10.9. The van der Waals surface area contributed by atoms with Gasteiger partial charge in [0.25, 0.3) is 5.91 Å². The third-order valence-corrected chi connectivity index (χ3v) is 6.38. The smallest absolute Gasteiger partial charge is 0.295 e. The molecule has 156 valence electrons. The summed E-state index contributed by atoms with van der Waals surface area (Å²) in [4.78, 5) is 42.1. The van der Waals surface area contributed by atoms with Gasteiger partial charge in [-0.1, -0.05) is 60.7 Å². The van der Waals surface area contributed by atoms with Gasteiger partial charge in [0.15, 0.2) is 0 Å². The van der Waals surface area contributed by atoms with Gasteiger partial charge < -0.3 is 9.80 Å². The van der Waals surface area contributed by atoms with Crippen LogP contribution >= 0.6 is 0 Å². The molecular formula is C25H28N2O3. The van der Waals surface area contributed by atoms with Crippen molar-refractivity contribution in [2.75, 3.05) is 19.6 Å². The first-order valence-corrected chi connectivity index (χ1v) is 10.9. The summed E-state index contributed by atoms with van der Waals surface area (Å²) in [7, 11) is 0. The average molecular weight is 405 g/mol. The lowest BCUT2D eigenvalue weighted by molar-refractivity contribution is -0.139. The van der Waals surface area contributed by atoms with Crippen LogP contribution in [0.15, 0.2) is 60.7 Å². The number of ketones is 1. The molecule has 0 aliphatic carbocycles. The number of nitrogens with zero attached hydrogens (tertiary/aromatic N) is 2. The van der Waals surface area contributed by atoms with Gasteiger partial charge in [0.1, 0.15) is 0 Å². The van der Waals surface area contributed by atoms with Gasteiger partial charge in [0.05, 0.1) is 0 Å². The summed E-state index contributed by atoms with van der Waals surface area (Å²) in [5.74, 6) is -0.404. The van der Waals surface area contributed by atoms with E-state index in [1.807, 2.05) is 41.3 Å². The molecule has 0 N–H and O–H groups in total. The Bertz CT molecular complexity index is 897. The van der Waals surface area contributed by atoms with Crippen LogP contribution in [0.4, 0.5) is 0 Å². The molecule has 0 aromatic heterocycles. The highest BCUT2D eigenvalue weighted by molar-refractivity contribution is 6.42. The Hall–Kier alpha value is -2.95. The number of carbonyl (C=O) groups is 3. The standard InChI is InChI=1S/C25H28N2O3/c28-23(14-13-19-8-3-1-4-9-19)26-17-15-22-21(18-26)12-7-16-27(22)25(30)24(29)20-10-5-2-6-11-20/h1-6,8-11,21-22H,7,12-18H2/t21-,22-/m1/s1. The van der Waals surface area contributed by atoms with E-state index in [9.17, 15) is 14.4 Å². The highest BCUT2D eigenvalue weighted by Gasteiger charge is 2.40. The third-order valence-electron chi connectivity index (χ3n) is 6.38. The van der Waals surface area contributed by atoms with Crippen molar-refractivity contribution in [1.82, 2.24) is 9.80 Å². The number of rotatable bonds is 5. The Balaban J connectivity index is 1.36. The van der Waals surface area contributed by atoms with E-state index in [0.717, 1.165) is 25.7 Å². The number of aryl methyl sites for hydroxylation is 1. The molecule has 4 rings (SSSR count). The van der Waals surface area contributed by atoms with Gasteiger partial charge in [0.2, 0.25) is 11.7 Å². The predicted octanol–water partition coefficient (Wildman–Crippen LogP) is 3.34. The summed E-state index contributed by atoms with van der Waals surface area (Å²) >= 11 is 0. The highest BCUT2D eigenvalue weighted by Crippen LogP contribution is 2.31. The molecule has 2 heterocycles. The van der Waals surface area contributed by atoms with Gasteiger partial charge in [-0.15, -0.1) is 0 Å². The second-order valence-electron chi connectivity index (χ2n) is 8.28. The summed E-state index contributed by atoms with van der Waals surface area (Å²) in [5.41, 5.74) is 1.62. The fourth-order valence-corrected chi connectivity index (χ4v) is 4.78. The Kier molecular flexibility index (Phi) is 6.26. The van der Waals surface area contributed by atoms with E-state index in [1.165, 1.54) is 5.56 Å². The van der Waals surface area contributed by atoms with Crippen molar-refractivity contribution in [1.29, 1.82) is 0 Å². The van der Waals surface area contributed by atoms with Crippen molar-refractivity contribution in [3.8, 4) is 0 Å². The van der Waals surface area contributed by atoms with Crippen LogP contribution in [-0.2, 0) is 16.0 Å². The number of fused-ring (bicyclic) bond motifs is 1. The van der Waals surface area contributed by atoms with Crippen molar-refractivity contribution < 1.29 is 14.4 Å². The van der Waals surface area contributed by atoms with Gasteiger partial charge >= 0.3 is 0 Å². The van der Waals surface area contributed by atoms with Crippen LogP contribution in [0.1, 0.15) is 41.6 Å². The summed E-state index contributed by atoms with van der Waals surface area (Å²) in [5, 5.41) is 0. The van der Waals surface area contributed by atoms with E-state index in [2.05, 4.69) is 0 Å². The Labute approximate surface area is 177 Å². The number of Topliss-reactive ketones (excluding diaryl/α,β-unsaturated/α-hetero) is 1. The summed E-state index contributed by atoms with van der Waals surface area (Å²) < 4.78 is 0. The first kappa shape index (κ1) is 20.3. The maximum Gasteiger partial charge on any atom is 0.295 e. The summed E-state index contributed by atoms with van der Waals surface area (Å²) in [6, 6.07) is 18.9. The minimum Gasteiger partial charge on any atom is -0.342 e. The van der Waals surface area contributed by atoms with Crippen LogP contribution in [-0.4, -0.2) is 53.1 Å². The van der Waals surface area contributed by atoms with Crippen molar-refractivity contribution >= 4 is 17.6 Å². The van der Waals surface area contributed by atoms with Crippen LogP contribution in [0.25, 0.3) is 0 Å². The SMILES string of the molecule is O=C(C(=O)N1CCC[C@@H]2CN(C(=O)CCc3ccccc3)CC[C@H]21)c1ccccc1. The van der Waals surface area contributed by atoms with E-state index in [0.29, 0.717) is 31.6 Å². The topological polar surface area (TPSA) is 57.7 Å². The lowest BCUT2D eigenvalue weighted by atomic mass is 9.83. The second-order valence-corrected chi connectivity index (χ2v) is 8.28. The number of amides is 2. The zero-order valence-electron chi connectivity index (χ0n) is 17.2. The molecule has 2 aromatic carbocycles. The summed E-state index contributed by atoms with van der Waals surface area (Å²) in [6.07, 6.45) is 3.88. The number of hydrogen-bond donors (Lipinski definition) is 0. The normalized spacial score (nSPS) is 21.1. The number of benzene rings is 2. The van der Waals surface area contributed by atoms with Crippen LogP contribution in [0.5, 0.6) is 0 Å². The van der Waals surface area contributed by atoms with E-state index < -0.39 is 11.7 Å². The molecular weight excluding hydrogens is 376 g/mol. The molecule has 5 heteroatoms. The maximum atomic E-state index is 12.9. The molecule has 2 aromatic rings. The number of hydrogen-bond acceptors (Lipinski definition) is 3. The molecule has 5 nitrogen and oxygen atoms in total. The van der Waals surface area contributed by atoms with E-state index in [1.54, 1.807) is 29.2 Å². The predicted molar refractivity (Wildman–Crippen MR) is 115 cm³/mol. The fraction of sp³-hybridized carbons (Fsp3) is 0.400. The minimum absolute atomic E-state index is 0.0529. The molecule has 30 heavy (non-hydrogen) atoms. The van der Waals surface area contributed by atoms with Crippen molar-refractivity contribution in [2.45, 2.75) is 38.1 Å². The molecule has 2 amide bonds. The first-order chi connectivity index (χ1) is 14.6. The quantitative estimate of drug-likeness (QED) is 0.567. The molecule has 0 saturated carbocycles. The van der Waals surface area contributed by atoms with Crippen LogP contribution in [0, 0.1) is 5.92 Å². The molecule has 2 saturated heterocycles. The largest absolute Gasteiger partial charge is 0.342 e. The van der Waals surface area contributed by atoms with Crippen LogP contribution < -0.4 is 0 Å². The Morgan fingerprint density at radius 2 is 1.57 bits per heavy atom. The number of carbonyl (C=O) groups excluding carboxylic acids is 3. The van der Waals surface area contributed by atoms with E-state index in [4.69, 9.17) is 0 Å². The van der Waals surface area contributed by atoms with Gasteiger partial charge in [-0.2, -0.15) is 0 Å². The molecule has 0 bridgehead atoms. The monoisotopic (exact) mass is 404 g/mol. The zero-order valence-corrected chi connectivity index (χ0v) is 17.2. The van der Waals surface area contributed by atoms with E-state index >= 15 is 0 Å². The molecule has 2 atom stereocenters. The van der Waals surface area contributed by atoms with E-state index in [-0.39, 0.29) is 17.9 Å². The van der Waals surface area contributed by atoms with Crippen molar-refractivity contribution in [3.05, 3.63) is 71.8 Å². The fourth-order valence-electron chi connectivity index (χ4n) is 4.78. The van der Waals surface area contributed by atoms with Gasteiger partial charge in [-0.25, -0.2) is 0 Å². The Morgan fingerprint density at radius 1 is 0.867 bits per heavy atom. The second kappa shape index (κ2) is 9.24. The van der Waals surface area contributed by atoms with Crippen LogP contribution in [0.3, 0.4) is 0 Å². The molecule has 0 unspecified atom stereocenters. The lowest BCUT2D eigenvalue weighted by Gasteiger charge is -2.47. The highest BCUT2D eigenvalue weighted by atomic mass is 16.2. The molecule has 2 aliphatic rings. The molecule has 0 radical (unpaired) electrons.